The summed E-state index contributed by atoms with van der Waals surface area (Å²) in [5, 5.41) is 9.04. The predicted octanol–water partition coefficient (Wildman–Crippen LogP) is 2.16. The summed E-state index contributed by atoms with van der Waals surface area (Å²) in [7, 11) is 0. The fourth-order valence-corrected chi connectivity index (χ4v) is 1.10. The van der Waals surface area contributed by atoms with Gasteiger partial charge in [-0.3, -0.25) is 0 Å². The molecule has 2 nitrogen and oxygen atoms in total. The molecule has 0 spiro atoms. The van der Waals surface area contributed by atoms with E-state index in [0.717, 1.165) is 30.8 Å². The molecule has 0 amide bonds. The van der Waals surface area contributed by atoms with Gasteiger partial charge in [-0.05, 0) is 25.5 Å². The lowest BCUT2D eigenvalue weighted by Crippen LogP contribution is -2.00. The molecule has 1 aromatic rings. The van der Waals surface area contributed by atoms with Gasteiger partial charge >= 0.3 is 0 Å². The van der Waals surface area contributed by atoms with Crippen LogP contribution in [0, 0.1) is 0 Å². The van der Waals surface area contributed by atoms with Crippen molar-refractivity contribution >= 4 is 0 Å². The normalized spacial score (nSPS) is 13.2. The maximum atomic E-state index is 9.04. The molecule has 0 aliphatic rings. The van der Waals surface area contributed by atoms with E-state index in [1.165, 1.54) is 0 Å². The van der Waals surface area contributed by atoms with Crippen LogP contribution in [-0.4, -0.2) is 11.2 Å². The highest BCUT2D eigenvalue weighted by atomic mass is 16.3. The van der Waals surface area contributed by atoms with Crippen molar-refractivity contribution in [3.8, 4) is 0 Å². The van der Waals surface area contributed by atoms with E-state index in [1.54, 1.807) is 6.92 Å². The number of hydrogen-bond acceptors (Lipinski definition) is 2. The number of furan rings is 1. The van der Waals surface area contributed by atoms with Gasteiger partial charge in [0.05, 0.1) is 6.10 Å². The number of aliphatic hydroxyl groups excluding tert-OH is 1. The van der Waals surface area contributed by atoms with Gasteiger partial charge in [-0.25, -0.2) is 0 Å². The smallest absolute Gasteiger partial charge is 0.104 e. The van der Waals surface area contributed by atoms with E-state index in [1.807, 2.05) is 12.1 Å². The Kier molecular flexibility index (Phi) is 3.35. The number of rotatable bonds is 4. The molecule has 0 bridgehead atoms. The third kappa shape index (κ3) is 2.70. The second kappa shape index (κ2) is 4.31. The molecular formula is C10H16O2. The van der Waals surface area contributed by atoms with Gasteiger partial charge in [-0.1, -0.05) is 6.92 Å². The van der Waals surface area contributed by atoms with Gasteiger partial charge in [-0.15, -0.1) is 0 Å². The lowest BCUT2D eigenvalue weighted by Gasteiger charge is -2.00. The number of aliphatic hydroxyl groups is 1. The lowest BCUT2D eigenvalue weighted by atomic mass is 10.2. The van der Waals surface area contributed by atoms with Crippen LogP contribution in [0.2, 0.25) is 0 Å². The van der Waals surface area contributed by atoms with Crippen LogP contribution in [0.15, 0.2) is 16.5 Å². The standard InChI is InChI=1S/C10H16O2/c1-3-9-6-7-10(12-9)5-4-8(2)11/h6-8,11H,3-5H2,1-2H3. The molecule has 1 N–H and O–H groups in total. The molecule has 0 aliphatic heterocycles. The van der Waals surface area contributed by atoms with Crippen LogP contribution in [0.25, 0.3) is 0 Å². The molecule has 1 unspecified atom stereocenters. The molecule has 1 atom stereocenters. The van der Waals surface area contributed by atoms with Crippen molar-refractivity contribution in [2.45, 2.75) is 39.2 Å². The molecule has 0 radical (unpaired) electrons. The largest absolute Gasteiger partial charge is 0.466 e. The third-order valence-corrected chi connectivity index (χ3v) is 1.87. The van der Waals surface area contributed by atoms with E-state index in [2.05, 4.69) is 6.92 Å². The summed E-state index contributed by atoms with van der Waals surface area (Å²) in [6.07, 6.45) is 2.31. The number of hydrogen-bond donors (Lipinski definition) is 1. The van der Waals surface area contributed by atoms with Gasteiger partial charge in [-0.2, -0.15) is 0 Å². The maximum Gasteiger partial charge on any atom is 0.104 e. The van der Waals surface area contributed by atoms with Crippen molar-refractivity contribution < 1.29 is 9.52 Å². The molecule has 0 saturated heterocycles. The molecule has 0 saturated carbocycles. The van der Waals surface area contributed by atoms with E-state index in [0.29, 0.717) is 0 Å². The molecule has 68 valence electrons. The molecular weight excluding hydrogens is 152 g/mol. The van der Waals surface area contributed by atoms with Crippen LogP contribution in [0.3, 0.4) is 0 Å². The van der Waals surface area contributed by atoms with E-state index < -0.39 is 0 Å². The van der Waals surface area contributed by atoms with Crippen molar-refractivity contribution in [3.63, 3.8) is 0 Å². The summed E-state index contributed by atoms with van der Waals surface area (Å²) in [6, 6.07) is 3.98. The van der Waals surface area contributed by atoms with Gasteiger partial charge in [0.2, 0.25) is 0 Å². The van der Waals surface area contributed by atoms with Gasteiger partial charge in [0.1, 0.15) is 11.5 Å². The fraction of sp³-hybridized carbons (Fsp3) is 0.600. The lowest BCUT2D eigenvalue weighted by molar-refractivity contribution is 0.182. The van der Waals surface area contributed by atoms with Crippen molar-refractivity contribution in [3.05, 3.63) is 23.7 Å². The molecule has 0 aliphatic carbocycles. The highest BCUT2D eigenvalue weighted by Crippen LogP contribution is 2.11. The Morgan fingerprint density at radius 2 is 2.08 bits per heavy atom. The Balaban J connectivity index is 2.41. The second-order valence-corrected chi connectivity index (χ2v) is 3.11. The summed E-state index contributed by atoms with van der Waals surface area (Å²) in [5.41, 5.74) is 0. The van der Waals surface area contributed by atoms with E-state index in [-0.39, 0.29) is 6.10 Å². The fourth-order valence-electron chi connectivity index (χ4n) is 1.10. The first kappa shape index (κ1) is 9.33. The van der Waals surface area contributed by atoms with E-state index in [4.69, 9.17) is 9.52 Å². The Morgan fingerprint density at radius 1 is 1.42 bits per heavy atom. The van der Waals surface area contributed by atoms with E-state index >= 15 is 0 Å². The number of aryl methyl sites for hydroxylation is 2. The zero-order chi connectivity index (χ0) is 8.97. The summed E-state index contributed by atoms with van der Waals surface area (Å²) in [6.45, 7) is 3.86. The van der Waals surface area contributed by atoms with Gasteiger partial charge < -0.3 is 9.52 Å². The zero-order valence-electron chi connectivity index (χ0n) is 7.71. The van der Waals surface area contributed by atoms with Crippen molar-refractivity contribution in [1.29, 1.82) is 0 Å². The van der Waals surface area contributed by atoms with E-state index in [9.17, 15) is 0 Å². The Hall–Kier alpha value is -0.760. The van der Waals surface area contributed by atoms with Crippen molar-refractivity contribution in [2.75, 3.05) is 0 Å². The molecule has 0 aromatic carbocycles. The summed E-state index contributed by atoms with van der Waals surface area (Å²) in [5.74, 6) is 2.00. The van der Waals surface area contributed by atoms with Gasteiger partial charge in [0.25, 0.3) is 0 Å². The van der Waals surface area contributed by atoms with Gasteiger partial charge in [0.15, 0.2) is 0 Å². The summed E-state index contributed by atoms with van der Waals surface area (Å²) in [4.78, 5) is 0. The summed E-state index contributed by atoms with van der Waals surface area (Å²) >= 11 is 0. The van der Waals surface area contributed by atoms with Crippen LogP contribution < -0.4 is 0 Å². The third-order valence-electron chi connectivity index (χ3n) is 1.87. The monoisotopic (exact) mass is 168 g/mol. The topological polar surface area (TPSA) is 33.4 Å². The van der Waals surface area contributed by atoms with Crippen LogP contribution in [0.1, 0.15) is 31.8 Å². The minimum atomic E-state index is -0.236. The summed E-state index contributed by atoms with van der Waals surface area (Å²) < 4.78 is 5.47. The minimum Gasteiger partial charge on any atom is -0.466 e. The molecule has 1 heterocycles. The van der Waals surface area contributed by atoms with Crippen molar-refractivity contribution in [1.82, 2.24) is 0 Å². The second-order valence-electron chi connectivity index (χ2n) is 3.11. The minimum absolute atomic E-state index is 0.236. The first-order valence-electron chi connectivity index (χ1n) is 4.48. The quantitative estimate of drug-likeness (QED) is 0.747. The van der Waals surface area contributed by atoms with Gasteiger partial charge in [0, 0.05) is 12.8 Å². The Bertz CT molecular complexity index is 225. The van der Waals surface area contributed by atoms with Crippen molar-refractivity contribution in [2.24, 2.45) is 0 Å². The first-order valence-corrected chi connectivity index (χ1v) is 4.48. The molecule has 0 fully saturated rings. The van der Waals surface area contributed by atoms with Crippen LogP contribution in [0.5, 0.6) is 0 Å². The van der Waals surface area contributed by atoms with Crippen LogP contribution in [-0.2, 0) is 12.8 Å². The Labute approximate surface area is 73.2 Å². The maximum absolute atomic E-state index is 9.04. The predicted molar refractivity (Wildman–Crippen MR) is 48.1 cm³/mol. The first-order chi connectivity index (χ1) is 5.72. The molecule has 12 heavy (non-hydrogen) atoms. The highest BCUT2D eigenvalue weighted by Gasteiger charge is 2.02. The average Bonchev–Trinajstić information content (AvgIpc) is 2.48. The van der Waals surface area contributed by atoms with Crippen LogP contribution >= 0.6 is 0 Å². The molecule has 2 heteroatoms. The zero-order valence-corrected chi connectivity index (χ0v) is 7.71. The van der Waals surface area contributed by atoms with Crippen LogP contribution in [0.4, 0.5) is 0 Å². The molecule has 1 rings (SSSR count). The Morgan fingerprint density at radius 3 is 2.58 bits per heavy atom. The SMILES string of the molecule is CCc1ccc(CCC(C)O)o1. The highest BCUT2D eigenvalue weighted by molar-refractivity contribution is 5.07. The molecule has 1 aromatic heterocycles. The average molecular weight is 168 g/mol.